The van der Waals surface area contributed by atoms with Gasteiger partial charge in [-0.3, -0.25) is 0 Å². The number of ether oxygens (including phenoxy) is 1. The van der Waals surface area contributed by atoms with Crippen LogP contribution in [0.15, 0.2) is 36.7 Å². The molecule has 26 heavy (non-hydrogen) atoms. The number of hydrogen-bond donors (Lipinski definition) is 0. The SMILES string of the molecule is CCc1cnc(-n2nc(OC(C)C)c(Cc3ccccc3F)c2C)nc1. The molecule has 6 heteroatoms. The minimum atomic E-state index is -0.237. The standard InChI is InChI=1S/C20H23FN4O/c1-5-15-11-22-20(23-12-15)25-14(4)17(19(24-25)26-13(2)3)10-16-8-6-7-9-18(16)21/h6-9,11-13H,5,10H2,1-4H3. The average molecular weight is 354 g/mol. The molecule has 0 aliphatic heterocycles. The maximum Gasteiger partial charge on any atom is 0.250 e. The minimum absolute atomic E-state index is 0.0412. The molecule has 0 N–H and O–H groups in total. The van der Waals surface area contributed by atoms with Crippen molar-refractivity contribution in [1.29, 1.82) is 0 Å². The summed E-state index contributed by atoms with van der Waals surface area (Å²) >= 11 is 0. The Bertz CT molecular complexity index is 887. The smallest absolute Gasteiger partial charge is 0.250 e. The first-order chi connectivity index (χ1) is 12.5. The van der Waals surface area contributed by atoms with Crippen LogP contribution < -0.4 is 4.74 Å². The van der Waals surface area contributed by atoms with Crippen LogP contribution in [0, 0.1) is 12.7 Å². The van der Waals surface area contributed by atoms with E-state index in [0.717, 1.165) is 23.2 Å². The lowest BCUT2D eigenvalue weighted by molar-refractivity contribution is 0.229. The predicted octanol–water partition coefficient (Wildman–Crippen LogP) is 4.05. The molecule has 3 rings (SSSR count). The van der Waals surface area contributed by atoms with Crippen LogP contribution in [0.5, 0.6) is 5.88 Å². The van der Waals surface area contributed by atoms with Gasteiger partial charge in [-0.05, 0) is 44.4 Å². The molecule has 0 unspecified atom stereocenters. The van der Waals surface area contributed by atoms with Crippen LogP contribution in [0.1, 0.15) is 43.2 Å². The highest BCUT2D eigenvalue weighted by atomic mass is 19.1. The Morgan fingerprint density at radius 3 is 2.46 bits per heavy atom. The molecule has 0 aliphatic carbocycles. The summed E-state index contributed by atoms with van der Waals surface area (Å²) in [6, 6.07) is 6.75. The Labute approximate surface area is 152 Å². The largest absolute Gasteiger partial charge is 0.474 e. The first-order valence-electron chi connectivity index (χ1n) is 8.79. The molecule has 1 aromatic carbocycles. The Hall–Kier alpha value is -2.76. The molecule has 0 bridgehead atoms. The van der Waals surface area contributed by atoms with E-state index in [-0.39, 0.29) is 11.9 Å². The second-order valence-electron chi connectivity index (χ2n) is 6.46. The quantitative estimate of drug-likeness (QED) is 0.670. The van der Waals surface area contributed by atoms with E-state index in [0.29, 0.717) is 23.8 Å². The predicted molar refractivity (Wildman–Crippen MR) is 98.2 cm³/mol. The van der Waals surface area contributed by atoms with E-state index in [1.54, 1.807) is 29.2 Å². The summed E-state index contributed by atoms with van der Waals surface area (Å²) in [5.41, 5.74) is 3.34. The van der Waals surface area contributed by atoms with E-state index in [1.165, 1.54) is 6.07 Å². The number of rotatable bonds is 6. The lowest BCUT2D eigenvalue weighted by atomic mass is 10.0. The molecular formula is C20H23FN4O. The highest BCUT2D eigenvalue weighted by Crippen LogP contribution is 2.27. The Balaban J connectivity index is 2.04. The number of nitrogens with zero attached hydrogens (tertiary/aromatic N) is 4. The van der Waals surface area contributed by atoms with Crippen LogP contribution in [0.3, 0.4) is 0 Å². The third-order valence-corrected chi connectivity index (χ3v) is 4.17. The molecule has 0 fully saturated rings. The van der Waals surface area contributed by atoms with Crippen molar-refractivity contribution in [2.45, 2.75) is 46.6 Å². The lowest BCUT2D eigenvalue weighted by Gasteiger charge is -2.09. The van der Waals surface area contributed by atoms with Crippen LogP contribution in [0.25, 0.3) is 5.95 Å². The average Bonchev–Trinajstić information content (AvgIpc) is 2.92. The highest BCUT2D eigenvalue weighted by molar-refractivity contribution is 5.39. The van der Waals surface area contributed by atoms with Gasteiger partial charge in [-0.15, -0.1) is 5.10 Å². The van der Waals surface area contributed by atoms with E-state index in [2.05, 4.69) is 22.0 Å². The third-order valence-electron chi connectivity index (χ3n) is 4.17. The molecule has 0 amide bonds. The first-order valence-corrected chi connectivity index (χ1v) is 8.79. The van der Waals surface area contributed by atoms with Gasteiger partial charge in [0.15, 0.2) is 0 Å². The van der Waals surface area contributed by atoms with Crippen molar-refractivity contribution < 1.29 is 9.13 Å². The zero-order chi connectivity index (χ0) is 18.7. The second kappa shape index (κ2) is 7.64. The van der Waals surface area contributed by atoms with E-state index in [1.807, 2.05) is 26.8 Å². The molecule has 0 saturated carbocycles. The number of benzene rings is 1. The summed E-state index contributed by atoms with van der Waals surface area (Å²) in [4.78, 5) is 8.80. The van der Waals surface area contributed by atoms with Crippen molar-refractivity contribution in [1.82, 2.24) is 19.7 Å². The van der Waals surface area contributed by atoms with Crippen molar-refractivity contribution in [2.24, 2.45) is 0 Å². The fourth-order valence-electron chi connectivity index (χ4n) is 2.70. The molecule has 0 radical (unpaired) electrons. The van der Waals surface area contributed by atoms with Gasteiger partial charge in [0.2, 0.25) is 5.88 Å². The van der Waals surface area contributed by atoms with Crippen LogP contribution in [-0.4, -0.2) is 25.9 Å². The van der Waals surface area contributed by atoms with Crippen molar-refractivity contribution in [3.05, 3.63) is 64.9 Å². The normalized spacial score (nSPS) is 11.2. The number of aryl methyl sites for hydroxylation is 1. The zero-order valence-corrected chi connectivity index (χ0v) is 15.5. The second-order valence-corrected chi connectivity index (χ2v) is 6.46. The van der Waals surface area contributed by atoms with Gasteiger partial charge < -0.3 is 4.74 Å². The molecule has 0 saturated heterocycles. The molecule has 3 aromatic rings. The molecule has 2 heterocycles. The molecular weight excluding hydrogens is 331 g/mol. The molecule has 0 aliphatic rings. The summed E-state index contributed by atoms with van der Waals surface area (Å²) in [6.45, 7) is 7.85. The van der Waals surface area contributed by atoms with Crippen LogP contribution in [0.4, 0.5) is 4.39 Å². The van der Waals surface area contributed by atoms with Gasteiger partial charge in [-0.1, -0.05) is 25.1 Å². The Morgan fingerprint density at radius 1 is 1.15 bits per heavy atom. The van der Waals surface area contributed by atoms with Gasteiger partial charge in [0, 0.05) is 24.4 Å². The molecule has 136 valence electrons. The van der Waals surface area contributed by atoms with Crippen LogP contribution in [0.2, 0.25) is 0 Å². The highest BCUT2D eigenvalue weighted by Gasteiger charge is 2.20. The minimum Gasteiger partial charge on any atom is -0.474 e. The molecule has 0 atom stereocenters. The first kappa shape index (κ1) is 18.0. The van der Waals surface area contributed by atoms with E-state index < -0.39 is 0 Å². The van der Waals surface area contributed by atoms with E-state index in [4.69, 9.17) is 4.74 Å². The number of halogens is 1. The van der Waals surface area contributed by atoms with Crippen molar-refractivity contribution >= 4 is 0 Å². The maximum absolute atomic E-state index is 14.1. The summed E-state index contributed by atoms with van der Waals surface area (Å²) in [5, 5.41) is 4.55. The zero-order valence-electron chi connectivity index (χ0n) is 15.5. The summed E-state index contributed by atoms with van der Waals surface area (Å²) in [6.07, 6.45) is 4.82. The van der Waals surface area contributed by atoms with E-state index in [9.17, 15) is 4.39 Å². The summed E-state index contributed by atoms with van der Waals surface area (Å²) in [5.74, 6) is 0.732. The summed E-state index contributed by atoms with van der Waals surface area (Å²) in [7, 11) is 0. The van der Waals surface area contributed by atoms with Gasteiger partial charge in [-0.25, -0.2) is 14.4 Å². The van der Waals surface area contributed by atoms with E-state index >= 15 is 0 Å². The molecule has 0 spiro atoms. The Morgan fingerprint density at radius 2 is 1.85 bits per heavy atom. The lowest BCUT2D eigenvalue weighted by Crippen LogP contribution is -2.08. The number of aromatic nitrogens is 4. The fraction of sp³-hybridized carbons (Fsp3) is 0.350. The molecule has 2 aromatic heterocycles. The van der Waals surface area contributed by atoms with Crippen molar-refractivity contribution in [3.63, 3.8) is 0 Å². The van der Waals surface area contributed by atoms with Gasteiger partial charge in [0.25, 0.3) is 5.95 Å². The maximum atomic E-state index is 14.1. The van der Waals surface area contributed by atoms with Gasteiger partial charge in [0.1, 0.15) is 5.82 Å². The third kappa shape index (κ3) is 3.74. The summed E-state index contributed by atoms with van der Waals surface area (Å²) < 4.78 is 21.7. The van der Waals surface area contributed by atoms with Crippen molar-refractivity contribution in [3.8, 4) is 11.8 Å². The van der Waals surface area contributed by atoms with Gasteiger partial charge >= 0.3 is 0 Å². The van der Waals surface area contributed by atoms with Crippen molar-refractivity contribution in [2.75, 3.05) is 0 Å². The topological polar surface area (TPSA) is 52.8 Å². The van der Waals surface area contributed by atoms with Crippen LogP contribution >= 0.6 is 0 Å². The fourth-order valence-corrected chi connectivity index (χ4v) is 2.70. The van der Waals surface area contributed by atoms with Crippen LogP contribution in [-0.2, 0) is 12.8 Å². The molecule has 5 nitrogen and oxygen atoms in total. The van der Waals surface area contributed by atoms with Gasteiger partial charge in [-0.2, -0.15) is 4.68 Å². The monoisotopic (exact) mass is 354 g/mol. The Kier molecular flexibility index (Phi) is 5.30. The number of hydrogen-bond acceptors (Lipinski definition) is 4. The van der Waals surface area contributed by atoms with Gasteiger partial charge in [0.05, 0.1) is 11.8 Å².